The Balaban J connectivity index is 2.46. The first-order valence-corrected chi connectivity index (χ1v) is 6.68. The smallest absolute Gasteiger partial charge is 0.345 e. The fourth-order valence-corrected chi connectivity index (χ4v) is 2.77. The van der Waals surface area contributed by atoms with E-state index in [4.69, 9.17) is 10.8 Å². The van der Waals surface area contributed by atoms with Crippen molar-refractivity contribution in [3.05, 3.63) is 40.8 Å². The molecule has 0 fully saturated rings. The Morgan fingerprint density at radius 1 is 1.32 bits per heavy atom. The average Bonchev–Trinajstić information content (AvgIpc) is 2.87. The second kappa shape index (κ2) is 5.42. The monoisotopic (exact) mass is 276 g/mol. The quantitative estimate of drug-likeness (QED) is 0.901. The number of thiophene rings is 1. The summed E-state index contributed by atoms with van der Waals surface area (Å²) in [6.45, 7) is 0.428. The van der Waals surface area contributed by atoms with Crippen molar-refractivity contribution in [1.82, 2.24) is 0 Å². The third-order valence-corrected chi connectivity index (χ3v) is 4.01. The Hall–Kier alpha value is -1.85. The minimum absolute atomic E-state index is 0.342. The summed E-state index contributed by atoms with van der Waals surface area (Å²) in [5, 5.41) is 8.97. The fraction of sp³-hybridized carbons (Fsp3) is 0.214. The standard InChI is InChI=1S/C14H16N2O2S/c1-16(2)10-3-4-11(9(7-10)8-15)12-5-6-13(19-12)14(17)18/h3-7H,8,15H2,1-2H3,(H,17,18). The summed E-state index contributed by atoms with van der Waals surface area (Å²) in [5.74, 6) is -0.893. The summed E-state index contributed by atoms with van der Waals surface area (Å²) >= 11 is 1.27. The van der Waals surface area contributed by atoms with Gasteiger partial charge in [-0.1, -0.05) is 6.07 Å². The molecule has 100 valence electrons. The molecule has 0 saturated carbocycles. The largest absolute Gasteiger partial charge is 0.477 e. The molecule has 0 bridgehead atoms. The van der Waals surface area contributed by atoms with E-state index in [1.54, 1.807) is 6.07 Å². The van der Waals surface area contributed by atoms with Gasteiger partial charge < -0.3 is 15.7 Å². The lowest BCUT2D eigenvalue weighted by Crippen LogP contribution is -2.10. The molecule has 0 aliphatic carbocycles. The molecule has 0 spiro atoms. The van der Waals surface area contributed by atoms with Gasteiger partial charge in [0.05, 0.1) is 0 Å². The van der Waals surface area contributed by atoms with Crippen LogP contribution in [0.15, 0.2) is 30.3 Å². The zero-order valence-corrected chi connectivity index (χ0v) is 11.7. The van der Waals surface area contributed by atoms with Gasteiger partial charge in [-0.2, -0.15) is 0 Å². The van der Waals surface area contributed by atoms with Crippen molar-refractivity contribution < 1.29 is 9.90 Å². The average molecular weight is 276 g/mol. The summed E-state index contributed by atoms with van der Waals surface area (Å²) in [6, 6.07) is 9.50. The Kier molecular flexibility index (Phi) is 3.87. The molecule has 0 unspecified atom stereocenters. The van der Waals surface area contributed by atoms with Crippen LogP contribution in [0.3, 0.4) is 0 Å². The highest BCUT2D eigenvalue weighted by atomic mass is 32.1. The summed E-state index contributed by atoms with van der Waals surface area (Å²) in [4.78, 5) is 14.2. The molecule has 0 saturated heterocycles. The molecule has 1 heterocycles. The van der Waals surface area contributed by atoms with Crippen LogP contribution in [0, 0.1) is 0 Å². The molecule has 2 aromatic rings. The highest BCUT2D eigenvalue weighted by molar-refractivity contribution is 7.17. The van der Waals surface area contributed by atoms with E-state index in [9.17, 15) is 4.79 Å². The van der Waals surface area contributed by atoms with Gasteiger partial charge in [0.1, 0.15) is 4.88 Å². The molecule has 0 aliphatic rings. The lowest BCUT2D eigenvalue weighted by atomic mass is 10.0. The normalized spacial score (nSPS) is 10.5. The van der Waals surface area contributed by atoms with Gasteiger partial charge in [0.2, 0.25) is 0 Å². The lowest BCUT2D eigenvalue weighted by molar-refractivity contribution is 0.0702. The first-order valence-electron chi connectivity index (χ1n) is 5.86. The Morgan fingerprint density at radius 2 is 2.05 bits per heavy atom. The van der Waals surface area contributed by atoms with Crippen molar-refractivity contribution in [2.45, 2.75) is 6.54 Å². The van der Waals surface area contributed by atoms with Gasteiger partial charge >= 0.3 is 5.97 Å². The van der Waals surface area contributed by atoms with E-state index < -0.39 is 5.97 Å². The van der Waals surface area contributed by atoms with Gasteiger partial charge in [-0.25, -0.2) is 4.79 Å². The molecular formula is C14H16N2O2S. The van der Waals surface area contributed by atoms with Crippen LogP contribution < -0.4 is 10.6 Å². The number of aromatic carboxylic acids is 1. The van der Waals surface area contributed by atoms with Gasteiger partial charge in [-0.05, 0) is 35.4 Å². The van der Waals surface area contributed by atoms with Crippen molar-refractivity contribution in [2.75, 3.05) is 19.0 Å². The van der Waals surface area contributed by atoms with Gasteiger partial charge in [0, 0.05) is 31.2 Å². The van der Waals surface area contributed by atoms with E-state index in [1.165, 1.54) is 11.3 Å². The van der Waals surface area contributed by atoms with Crippen LogP contribution in [0.25, 0.3) is 10.4 Å². The molecule has 4 nitrogen and oxygen atoms in total. The molecule has 0 amide bonds. The molecule has 2 rings (SSSR count). The minimum atomic E-state index is -0.893. The zero-order chi connectivity index (χ0) is 14.0. The Labute approximate surface area is 116 Å². The number of anilines is 1. The molecule has 0 radical (unpaired) electrons. The number of carbonyl (C=O) groups is 1. The molecule has 0 aliphatic heterocycles. The predicted molar refractivity (Wildman–Crippen MR) is 78.9 cm³/mol. The number of carboxylic acid groups (broad SMARTS) is 1. The van der Waals surface area contributed by atoms with Crippen molar-refractivity contribution >= 4 is 23.0 Å². The van der Waals surface area contributed by atoms with Gasteiger partial charge in [0.25, 0.3) is 0 Å². The molecule has 3 N–H and O–H groups in total. The van der Waals surface area contributed by atoms with Crippen LogP contribution in [0.2, 0.25) is 0 Å². The summed E-state index contributed by atoms with van der Waals surface area (Å²) < 4.78 is 0. The highest BCUT2D eigenvalue weighted by Gasteiger charge is 2.11. The lowest BCUT2D eigenvalue weighted by Gasteiger charge is -2.15. The topological polar surface area (TPSA) is 66.6 Å². The van der Waals surface area contributed by atoms with E-state index in [0.717, 1.165) is 21.7 Å². The maximum atomic E-state index is 10.9. The highest BCUT2D eigenvalue weighted by Crippen LogP contribution is 2.32. The SMILES string of the molecule is CN(C)c1ccc(-c2ccc(C(=O)O)s2)c(CN)c1. The van der Waals surface area contributed by atoms with E-state index in [2.05, 4.69) is 0 Å². The number of benzene rings is 1. The van der Waals surface area contributed by atoms with Gasteiger partial charge in [-0.3, -0.25) is 0 Å². The van der Waals surface area contributed by atoms with Crippen molar-refractivity contribution in [3.8, 4) is 10.4 Å². The first kappa shape index (κ1) is 13.6. The van der Waals surface area contributed by atoms with Crippen molar-refractivity contribution in [2.24, 2.45) is 5.73 Å². The summed E-state index contributed by atoms with van der Waals surface area (Å²) in [6.07, 6.45) is 0. The van der Waals surface area contributed by atoms with Crippen molar-refractivity contribution in [3.63, 3.8) is 0 Å². The van der Waals surface area contributed by atoms with E-state index in [0.29, 0.717) is 11.4 Å². The number of rotatable bonds is 4. The maximum Gasteiger partial charge on any atom is 0.345 e. The van der Waals surface area contributed by atoms with Crippen LogP contribution in [-0.2, 0) is 6.54 Å². The third-order valence-electron chi connectivity index (χ3n) is 2.91. The summed E-state index contributed by atoms with van der Waals surface area (Å²) in [7, 11) is 3.95. The van der Waals surface area contributed by atoms with Crippen LogP contribution in [0.1, 0.15) is 15.2 Å². The minimum Gasteiger partial charge on any atom is -0.477 e. The van der Waals surface area contributed by atoms with Gasteiger partial charge in [-0.15, -0.1) is 11.3 Å². The second-order valence-electron chi connectivity index (χ2n) is 4.41. The predicted octanol–water partition coefficient (Wildman–Crippen LogP) is 2.64. The van der Waals surface area contributed by atoms with Crippen LogP contribution >= 0.6 is 11.3 Å². The number of hydrogen-bond acceptors (Lipinski definition) is 4. The van der Waals surface area contributed by atoms with Crippen LogP contribution in [0.4, 0.5) is 5.69 Å². The summed E-state index contributed by atoms with van der Waals surface area (Å²) in [5.41, 5.74) is 8.90. The molecular weight excluding hydrogens is 260 g/mol. The molecule has 1 aromatic heterocycles. The van der Waals surface area contributed by atoms with E-state index in [1.807, 2.05) is 43.3 Å². The molecule has 5 heteroatoms. The fourth-order valence-electron chi connectivity index (χ4n) is 1.87. The first-order chi connectivity index (χ1) is 9.02. The van der Waals surface area contributed by atoms with Crippen LogP contribution in [0.5, 0.6) is 0 Å². The Bertz CT molecular complexity index is 605. The molecule has 19 heavy (non-hydrogen) atoms. The third kappa shape index (κ3) is 2.77. The number of nitrogens with two attached hydrogens (primary N) is 1. The Morgan fingerprint density at radius 3 is 2.58 bits per heavy atom. The number of carboxylic acids is 1. The van der Waals surface area contributed by atoms with E-state index >= 15 is 0 Å². The van der Waals surface area contributed by atoms with E-state index in [-0.39, 0.29) is 0 Å². The van der Waals surface area contributed by atoms with Crippen molar-refractivity contribution in [1.29, 1.82) is 0 Å². The van der Waals surface area contributed by atoms with Crippen LogP contribution in [-0.4, -0.2) is 25.2 Å². The number of hydrogen-bond donors (Lipinski definition) is 2. The van der Waals surface area contributed by atoms with Gasteiger partial charge in [0.15, 0.2) is 0 Å². The zero-order valence-electron chi connectivity index (χ0n) is 10.9. The molecule has 1 aromatic carbocycles. The second-order valence-corrected chi connectivity index (χ2v) is 5.49. The maximum absolute atomic E-state index is 10.9. The number of nitrogens with zero attached hydrogens (tertiary/aromatic N) is 1. The molecule has 0 atom stereocenters.